The lowest BCUT2D eigenvalue weighted by Gasteiger charge is -2.20. The van der Waals surface area contributed by atoms with Crippen molar-refractivity contribution >= 4 is 0 Å². The van der Waals surface area contributed by atoms with Gasteiger partial charge in [-0.2, -0.15) is 0 Å². The molecule has 0 saturated heterocycles. The van der Waals surface area contributed by atoms with Gasteiger partial charge < -0.3 is 14.5 Å². The third kappa shape index (κ3) is 4.14. The minimum atomic E-state index is 0.303. The molecule has 1 aromatic heterocycles. The van der Waals surface area contributed by atoms with E-state index in [-0.39, 0.29) is 0 Å². The summed E-state index contributed by atoms with van der Waals surface area (Å²) in [5.74, 6) is 1.95. The Labute approximate surface area is 121 Å². The number of hydrogen-bond donors (Lipinski definition) is 1. The Morgan fingerprint density at radius 3 is 2.75 bits per heavy atom. The average molecular weight is 273 g/mol. The Hall–Kier alpha value is -1.74. The van der Waals surface area contributed by atoms with Crippen molar-refractivity contribution < 1.29 is 9.15 Å². The van der Waals surface area contributed by atoms with Crippen molar-refractivity contribution in [1.29, 1.82) is 0 Å². The van der Waals surface area contributed by atoms with Crippen LogP contribution in [0.1, 0.15) is 37.6 Å². The van der Waals surface area contributed by atoms with E-state index in [1.165, 1.54) is 5.56 Å². The molecule has 0 saturated carbocycles. The summed E-state index contributed by atoms with van der Waals surface area (Å²) >= 11 is 0. The van der Waals surface area contributed by atoms with Crippen LogP contribution in [0.15, 0.2) is 47.1 Å². The van der Waals surface area contributed by atoms with Crippen LogP contribution < -0.4 is 10.1 Å². The number of hydrogen-bond acceptors (Lipinski definition) is 3. The van der Waals surface area contributed by atoms with Gasteiger partial charge in [-0.3, -0.25) is 0 Å². The largest absolute Gasteiger partial charge is 0.497 e. The third-order valence-corrected chi connectivity index (χ3v) is 3.53. The Balaban J connectivity index is 1.84. The smallest absolute Gasteiger partial charge is 0.119 e. The summed E-state index contributed by atoms with van der Waals surface area (Å²) in [5.41, 5.74) is 1.24. The summed E-state index contributed by atoms with van der Waals surface area (Å²) < 4.78 is 10.6. The molecule has 0 aliphatic heterocycles. The summed E-state index contributed by atoms with van der Waals surface area (Å²) in [6, 6.07) is 12.9. The Morgan fingerprint density at radius 1 is 1.20 bits per heavy atom. The fourth-order valence-electron chi connectivity index (χ4n) is 2.33. The molecule has 0 spiro atoms. The van der Waals surface area contributed by atoms with Crippen molar-refractivity contribution in [2.24, 2.45) is 0 Å². The zero-order chi connectivity index (χ0) is 14.4. The van der Waals surface area contributed by atoms with Crippen LogP contribution in [0, 0.1) is 0 Å². The zero-order valence-corrected chi connectivity index (χ0v) is 12.4. The number of furan rings is 1. The standard InChI is InChI=1S/C17H23NO2/c1-13(9-10-16-8-5-11-20-16)18-14(2)15-6-4-7-17(12-15)19-3/h4-8,11-14,18H,9-10H2,1-3H3. The van der Waals surface area contributed by atoms with Gasteiger partial charge in [0, 0.05) is 18.5 Å². The van der Waals surface area contributed by atoms with Crippen LogP contribution in [0.4, 0.5) is 0 Å². The molecule has 0 bridgehead atoms. The maximum atomic E-state index is 5.36. The summed E-state index contributed by atoms with van der Waals surface area (Å²) in [6.45, 7) is 4.39. The molecule has 1 N–H and O–H groups in total. The van der Waals surface area contributed by atoms with Crippen LogP contribution in [-0.2, 0) is 6.42 Å². The van der Waals surface area contributed by atoms with Gasteiger partial charge in [0.2, 0.25) is 0 Å². The molecule has 2 aromatic rings. The molecular weight excluding hydrogens is 250 g/mol. The molecule has 1 aromatic carbocycles. The molecule has 3 nitrogen and oxygen atoms in total. The monoisotopic (exact) mass is 273 g/mol. The van der Waals surface area contributed by atoms with Gasteiger partial charge >= 0.3 is 0 Å². The summed E-state index contributed by atoms with van der Waals surface area (Å²) in [7, 11) is 1.70. The van der Waals surface area contributed by atoms with Crippen LogP contribution in [0.25, 0.3) is 0 Å². The van der Waals surface area contributed by atoms with Crippen molar-refractivity contribution in [1.82, 2.24) is 5.32 Å². The first kappa shape index (κ1) is 14.7. The van der Waals surface area contributed by atoms with Crippen LogP contribution in [-0.4, -0.2) is 13.2 Å². The molecule has 0 amide bonds. The van der Waals surface area contributed by atoms with E-state index in [1.54, 1.807) is 13.4 Å². The van der Waals surface area contributed by atoms with Crippen molar-refractivity contribution in [3.63, 3.8) is 0 Å². The fourth-order valence-corrected chi connectivity index (χ4v) is 2.33. The number of rotatable bonds is 7. The van der Waals surface area contributed by atoms with Gasteiger partial charge in [0.25, 0.3) is 0 Å². The quantitative estimate of drug-likeness (QED) is 0.829. The molecule has 2 unspecified atom stereocenters. The minimum Gasteiger partial charge on any atom is -0.497 e. The molecule has 0 aliphatic carbocycles. The normalized spacial score (nSPS) is 13.9. The molecule has 108 valence electrons. The molecule has 2 rings (SSSR count). The van der Waals surface area contributed by atoms with Crippen molar-refractivity contribution in [3.05, 3.63) is 54.0 Å². The Morgan fingerprint density at radius 2 is 2.05 bits per heavy atom. The lowest BCUT2D eigenvalue weighted by Crippen LogP contribution is -2.29. The molecule has 0 aliphatic rings. The predicted molar refractivity (Wildman–Crippen MR) is 81.0 cm³/mol. The number of benzene rings is 1. The van der Waals surface area contributed by atoms with E-state index < -0.39 is 0 Å². The minimum absolute atomic E-state index is 0.303. The molecule has 1 heterocycles. The van der Waals surface area contributed by atoms with Crippen LogP contribution in [0.5, 0.6) is 5.75 Å². The molecule has 2 atom stereocenters. The van der Waals surface area contributed by atoms with Gasteiger partial charge in [-0.1, -0.05) is 12.1 Å². The van der Waals surface area contributed by atoms with Gasteiger partial charge in [-0.15, -0.1) is 0 Å². The third-order valence-electron chi connectivity index (χ3n) is 3.53. The summed E-state index contributed by atoms with van der Waals surface area (Å²) in [4.78, 5) is 0. The van der Waals surface area contributed by atoms with Crippen molar-refractivity contribution in [2.45, 2.75) is 38.8 Å². The second-order valence-corrected chi connectivity index (χ2v) is 5.18. The summed E-state index contributed by atoms with van der Waals surface area (Å²) in [5, 5.41) is 3.61. The molecular formula is C17H23NO2. The molecule has 20 heavy (non-hydrogen) atoms. The first-order chi connectivity index (χ1) is 9.69. The van der Waals surface area contributed by atoms with Gasteiger partial charge in [0.15, 0.2) is 0 Å². The van der Waals surface area contributed by atoms with E-state index in [1.807, 2.05) is 24.3 Å². The lowest BCUT2D eigenvalue weighted by atomic mass is 10.1. The number of ether oxygens (including phenoxy) is 1. The predicted octanol–water partition coefficient (Wildman–Crippen LogP) is 3.96. The fraction of sp³-hybridized carbons (Fsp3) is 0.412. The highest BCUT2D eigenvalue weighted by Gasteiger charge is 2.10. The summed E-state index contributed by atoms with van der Waals surface area (Å²) in [6.07, 6.45) is 3.75. The van der Waals surface area contributed by atoms with Crippen LogP contribution in [0.3, 0.4) is 0 Å². The van der Waals surface area contributed by atoms with E-state index in [2.05, 4.69) is 31.3 Å². The lowest BCUT2D eigenvalue weighted by molar-refractivity contribution is 0.410. The van der Waals surface area contributed by atoms with E-state index in [4.69, 9.17) is 9.15 Å². The van der Waals surface area contributed by atoms with Crippen molar-refractivity contribution in [3.8, 4) is 5.75 Å². The van der Waals surface area contributed by atoms with Gasteiger partial charge in [-0.05, 0) is 50.1 Å². The van der Waals surface area contributed by atoms with E-state index in [0.29, 0.717) is 12.1 Å². The highest BCUT2D eigenvalue weighted by Crippen LogP contribution is 2.19. The highest BCUT2D eigenvalue weighted by atomic mass is 16.5. The first-order valence-corrected chi connectivity index (χ1v) is 7.11. The van der Waals surface area contributed by atoms with E-state index >= 15 is 0 Å². The number of nitrogens with one attached hydrogen (secondary N) is 1. The maximum absolute atomic E-state index is 5.36. The highest BCUT2D eigenvalue weighted by molar-refractivity contribution is 5.30. The maximum Gasteiger partial charge on any atom is 0.119 e. The average Bonchev–Trinajstić information content (AvgIpc) is 2.98. The van der Waals surface area contributed by atoms with Crippen LogP contribution >= 0.6 is 0 Å². The van der Waals surface area contributed by atoms with E-state index in [0.717, 1.165) is 24.4 Å². The molecule has 3 heteroatoms. The Bertz CT molecular complexity index is 507. The van der Waals surface area contributed by atoms with Gasteiger partial charge in [0.05, 0.1) is 13.4 Å². The molecule has 0 radical (unpaired) electrons. The van der Waals surface area contributed by atoms with Crippen LogP contribution in [0.2, 0.25) is 0 Å². The first-order valence-electron chi connectivity index (χ1n) is 7.11. The second kappa shape index (κ2) is 7.15. The SMILES string of the molecule is COc1cccc(C(C)NC(C)CCc2ccco2)c1. The van der Waals surface area contributed by atoms with Crippen molar-refractivity contribution in [2.75, 3.05) is 7.11 Å². The molecule has 0 fully saturated rings. The Kier molecular flexibility index (Phi) is 5.24. The van der Waals surface area contributed by atoms with Gasteiger partial charge in [-0.25, -0.2) is 0 Å². The number of aryl methyl sites for hydroxylation is 1. The topological polar surface area (TPSA) is 34.4 Å². The second-order valence-electron chi connectivity index (χ2n) is 5.18. The van der Waals surface area contributed by atoms with Gasteiger partial charge in [0.1, 0.15) is 11.5 Å². The number of methoxy groups -OCH3 is 1. The zero-order valence-electron chi connectivity index (χ0n) is 12.4. The van der Waals surface area contributed by atoms with E-state index in [9.17, 15) is 0 Å².